The molecule has 2 aromatic rings. The first-order valence-electron chi connectivity index (χ1n) is 10.5. The van der Waals surface area contributed by atoms with Crippen molar-refractivity contribution in [3.8, 4) is 11.9 Å². The zero-order chi connectivity index (χ0) is 23.5. The van der Waals surface area contributed by atoms with Crippen molar-refractivity contribution in [3.63, 3.8) is 0 Å². The largest absolute Gasteiger partial charge is 0.480 e. The predicted octanol–water partition coefficient (Wildman–Crippen LogP) is 3.95. The van der Waals surface area contributed by atoms with Gasteiger partial charge in [0.25, 0.3) is 0 Å². The molecular weight excluding hydrogens is 430 g/mol. The van der Waals surface area contributed by atoms with E-state index in [9.17, 15) is 4.79 Å². The topological polar surface area (TPSA) is 109 Å². The summed E-state index contributed by atoms with van der Waals surface area (Å²) < 4.78 is 10.6. The van der Waals surface area contributed by atoms with Crippen LogP contribution < -0.4 is 15.4 Å². The molecule has 3 rings (SSSR count). The van der Waals surface area contributed by atoms with Crippen molar-refractivity contribution in [2.45, 2.75) is 52.3 Å². The van der Waals surface area contributed by atoms with E-state index < -0.39 is 0 Å². The Labute approximate surface area is 194 Å². The Morgan fingerprint density at radius 3 is 2.75 bits per heavy atom. The minimum atomic E-state index is 0.0121. The minimum absolute atomic E-state index is 0.0121. The van der Waals surface area contributed by atoms with Crippen LogP contribution in [0.3, 0.4) is 0 Å². The number of benzene rings is 1. The first-order valence-corrected chi connectivity index (χ1v) is 10.9. The van der Waals surface area contributed by atoms with Crippen LogP contribution in [-0.2, 0) is 16.1 Å². The van der Waals surface area contributed by atoms with Gasteiger partial charge in [-0.3, -0.25) is 4.79 Å². The highest BCUT2D eigenvalue weighted by atomic mass is 35.5. The number of hydrogen-bond acceptors (Lipinski definition) is 7. The van der Waals surface area contributed by atoms with Gasteiger partial charge in [0.2, 0.25) is 11.8 Å². The van der Waals surface area contributed by atoms with Gasteiger partial charge in [-0.1, -0.05) is 30.7 Å². The summed E-state index contributed by atoms with van der Waals surface area (Å²) in [6.45, 7) is 6.87. The van der Waals surface area contributed by atoms with Crippen molar-refractivity contribution in [2.24, 2.45) is 5.92 Å². The third kappa shape index (κ3) is 8.33. The highest BCUT2D eigenvalue weighted by Crippen LogP contribution is 2.29. The fourth-order valence-corrected chi connectivity index (χ4v) is 3.43. The molecule has 32 heavy (non-hydrogen) atoms. The van der Waals surface area contributed by atoms with E-state index in [2.05, 4.69) is 33.6 Å². The van der Waals surface area contributed by atoms with Gasteiger partial charge in [0.05, 0.1) is 31.5 Å². The molecule has 9 heteroatoms. The number of carbonyl (C=O) groups excluding carboxylic acids is 1. The molecule has 1 heterocycles. The molecule has 1 amide bonds. The number of aromatic nitrogens is 2. The molecule has 1 aromatic heterocycles. The van der Waals surface area contributed by atoms with E-state index in [-0.39, 0.29) is 11.9 Å². The molecule has 1 saturated carbocycles. The number of anilines is 1. The fourth-order valence-electron chi connectivity index (χ4n) is 3.19. The molecule has 1 fully saturated rings. The SMILES string of the molecule is CC(=O)N[C@@H](C)COC1CC(C)C1.COc1ncnc(NCc2cccc(C#N)c2)c1Cl. The molecular formula is C23H30ClN5O3. The molecule has 8 nitrogen and oxygen atoms in total. The number of nitrogens with one attached hydrogen (secondary N) is 2. The van der Waals surface area contributed by atoms with Crippen LogP contribution in [0.5, 0.6) is 5.88 Å². The average Bonchev–Trinajstić information content (AvgIpc) is 2.75. The zero-order valence-corrected chi connectivity index (χ0v) is 19.6. The third-order valence-corrected chi connectivity index (χ3v) is 5.17. The smallest absolute Gasteiger partial charge is 0.237 e. The van der Waals surface area contributed by atoms with Gasteiger partial charge < -0.3 is 20.1 Å². The van der Waals surface area contributed by atoms with Crippen molar-refractivity contribution in [1.29, 1.82) is 5.26 Å². The number of nitriles is 1. The van der Waals surface area contributed by atoms with Gasteiger partial charge in [-0.15, -0.1) is 0 Å². The van der Waals surface area contributed by atoms with E-state index in [4.69, 9.17) is 26.3 Å². The van der Waals surface area contributed by atoms with Crippen molar-refractivity contribution < 1.29 is 14.3 Å². The van der Waals surface area contributed by atoms with Crippen LogP contribution in [0, 0.1) is 17.2 Å². The molecule has 0 spiro atoms. The first-order chi connectivity index (χ1) is 15.3. The van der Waals surface area contributed by atoms with Crippen LogP contribution in [0.4, 0.5) is 5.82 Å². The summed E-state index contributed by atoms with van der Waals surface area (Å²) in [5.74, 6) is 1.65. The van der Waals surface area contributed by atoms with Crippen molar-refractivity contribution in [3.05, 3.63) is 46.7 Å². The Hall–Kier alpha value is -2.89. The second-order valence-electron chi connectivity index (χ2n) is 7.84. The molecule has 1 aliphatic rings. The molecule has 0 radical (unpaired) electrons. The van der Waals surface area contributed by atoms with Gasteiger partial charge >= 0.3 is 0 Å². The third-order valence-electron chi connectivity index (χ3n) is 4.83. The molecule has 1 aliphatic carbocycles. The summed E-state index contributed by atoms with van der Waals surface area (Å²) in [5, 5.41) is 15.0. The summed E-state index contributed by atoms with van der Waals surface area (Å²) in [7, 11) is 1.49. The summed E-state index contributed by atoms with van der Waals surface area (Å²) in [6.07, 6.45) is 4.16. The Morgan fingerprint density at radius 1 is 1.38 bits per heavy atom. The average molecular weight is 460 g/mol. The number of methoxy groups -OCH3 is 1. The van der Waals surface area contributed by atoms with Crippen LogP contribution in [0.2, 0.25) is 5.02 Å². The molecule has 2 N–H and O–H groups in total. The van der Waals surface area contributed by atoms with E-state index in [0.717, 1.165) is 11.5 Å². The quantitative estimate of drug-likeness (QED) is 0.615. The first kappa shape index (κ1) is 25.4. The van der Waals surface area contributed by atoms with E-state index in [0.29, 0.717) is 41.5 Å². The van der Waals surface area contributed by atoms with Gasteiger partial charge in [0.15, 0.2) is 5.82 Å². The standard InChI is InChI=1S/C13H11ClN4O.C10H19NO2/c1-19-13-11(14)12(17-8-18-13)16-7-10-4-2-3-9(5-10)6-15;1-7-4-10(5-7)13-6-8(2)11-9(3)12/h2-5,8H,7H2,1H3,(H,16,17,18);7-8,10H,4-6H2,1-3H3,(H,11,12)/t;7?,8-,10?/m.0/s1. The van der Waals surface area contributed by atoms with Crippen molar-refractivity contribution >= 4 is 23.3 Å². The zero-order valence-electron chi connectivity index (χ0n) is 18.9. The summed E-state index contributed by atoms with van der Waals surface area (Å²) in [6, 6.07) is 9.54. The highest BCUT2D eigenvalue weighted by molar-refractivity contribution is 6.34. The van der Waals surface area contributed by atoms with E-state index >= 15 is 0 Å². The lowest BCUT2D eigenvalue weighted by Crippen LogP contribution is -2.38. The summed E-state index contributed by atoms with van der Waals surface area (Å²) in [5.41, 5.74) is 1.58. The van der Waals surface area contributed by atoms with Crippen LogP contribution >= 0.6 is 11.6 Å². The molecule has 0 unspecified atom stereocenters. The lowest BCUT2D eigenvalue weighted by Gasteiger charge is -2.33. The Bertz CT molecular complexity index is 928. The molecule has 0 saturated heterocycles. The van der Waals surface area contributed by atoms with Crippen molar-refractivity contribution in [1.82, 2.24) is 15.3 Å². The lowest BCUT2D eigenvalue weighted by molar-refractivity contribution is -0.120. The molecule has 1 atom stereocenters. The maximum absolute atomic E-state index is 10.7. The number of ether oxygens (including phenoxy) is 2. The maximum atomic E-state index is 10.7. The lowest BCUT2D eigenvalue weighted by atomic mass is 9.84. The Kier molecular flexibility index (Phi) is 10.2. The van der Waals surface area contributed by atoms with Gasteiger partial charge in [0, 0.05) is 19.5 Å². The number of amides is 1. The normalized spacial score (nSPS) is 17.6. The van der Waals surface area contributed by atoms with Gasteiger partial charge in [0.1, 0.15) is 11.3 Å². The monoisotopic (exact) mass is 459 g/mol. The Balaban J connectivity index is 0.000000244. The van der Waals surface area contributed by atoms with Gasteiger partial charge in [-0.2, -0.15) is 5.26 Å². The van der Waals surface area contributed by atoms with Crippen LogP contribution in [0.15, 0.2) is 30.6 Å². The van der Waals surface area contributed by atoms with Gasteiger partial charge in [-0.05, 0) is 43.4 Å². The number of halogens is 1. The Morgan fingerprint density at radius 2 is 2.12 bits per heavy atom. The maximum Gasteiger partial charge on any atom is 0.237 e. The molecule has 1 aromatic carbocycles. The minimum Gasteiger partial charge on any atom is -0.480 e. The van der Waals surface area contributed by atoms with Crippen molar-refractivity contribution in [2.75, 3.05) is 19.0 Å². The number of rotatable bonds is 8. The molecule has 0 aliphatic heterocycles. The van der Waals surface area contributed by atoms with E-state index in [1.807, 2.05) is 19.1 Å². The van der Waals surface area contributed by atoms with E-state index in [1.54, 1.807) is 12.1 Å². The second kappa shape index (κ2) is 12.8. The highest BCUT2D eigenvalue weighted by Gasteiger charge is 2.26. The van der Waals surface area contributed by atoms with E-state index in [1.165, 1.54) is 33.2 Å². The molecule has 172 valence electrons. The van der Waals surface area contributed by atoms with Crippen LogP contribution in [-0.4, -0.2) is 41.7 Å². The number of nitrogens with zero attached hydrogens (tertiary/aromatic N) is 3. The van der Waals surface area contributed by atoms with Crippen LogP contribution in [0.25, 0.3) is 0 Å². The fraction of sp³-hybridized carbons (Fsp3) is 0.478. The summed E-state index contributed by atoms with van der Waals surface area (Å²) in [4.78, 5) is 18.6. The predicted molar refractivity (Wildman–Crippen MR) is 123 cm³/mol. The second-order valence-corrected chi connectivity index (χ2v) is 8.22. The van der Waals surface area contributed by atoms with Gasteiger partial charge in [-0.25, -0.2) is 9.97 Å². The molecule has 0 bridgehead atoms. The summed E-state index contributed by atoms with van der Waals surface area (Å²) >= 11 is 6.07. The number of carbonyl (C=O) groups is 1. The van der Waals surface area contributed by atoms with Crippen LogP contribution in [0.1, 0.15) is 44.7 Å². The number of hydrogen-bond donors (Lipinski definition) is 2.